The van der Waals surface area contributed by atoms with Gasteiger partial charge in [0.1, 0.15) is 5.75 Å². The molecule has 1 atom stereocenters. The Kier molecular flexibility index (Phi) is 4.05. The minimum atomic E-state index is -0.273. The SMILES string of the molecule is COc1ccc(-c2[nH]nc3c2C(c2cccc(Br)c2)CC(=O)O3)cc1. The van der Waals surface area contributed by atoms with Gasteiger partial charge in [0.25, 0.3) is 0 Å². The van der Waals surface area contributed by atoms with Crippen molar-refractivity contribution in [3.63, 3.8) is 0 Å². The van der Waals surface area contributed by atoms with Gasteiger partial charge in [-0.05, 0) is 42.0 Å². The highest BCUT2D eigenvalue weighted by molar-refractivity contribution is 9.10. The number of nitrogens with one attached hydrogen (secondary N) is 1. The van der Waals surface area contributed by atoms with Crippen molar-refractivity contribution < 1.29 is 14.3 Å². The number of hydrogen-bond donors (Lipinski definition) is 1. The summed E-state index contributed by atoms with van der Waals surface area (Å²) >= 11 is 3.50. The number of carbonyl (C=O) groups is 1. The van der Waals surface area contributed by atoms with Crippen LogP contribution in [0.25, 0.3) is 11.3 Å². The lowest BCUT2D eigenvalue weighted by Crippen LogP contribution is -2.20. The van der Waals surface area contributed by atoms with Crippen molar-refractivity contribution in [1.29, 1.82) is 0 Å². The maximum Gasteiger partial charge on any atom is 0.313 e. The van der Waals surface area contributed by atoms with Crippen LogP contribution in [0.1, 0.15) is 23.5 Å². The van der Waals surface area contributed by atoms with Crippen LogP contribution in [0.2, 0.25) is 0 Å². The fourth-order valence-electron chi connectivity index (χ4n) is 3.14. The summed E-state index contributed by atoms with van der Waals surface area (Å²) in [5.74, 6) is 0.758. The van der Waals surface area contributed by atoms with E-state index in [1.807, 2.05) is 48.5 Å². The van der Waals surface area contributed by atoms with E-state index in [-0.39, 0.29) is 18.3 Å². The molecule has 6 heteroatoms. The van der Waals surface area contributed by atoms with Gasteiger partial charge >= 0.3 is 5.97 Å². The first kappa shape index (κ1) is 15.9. The molecule has 25 heavy (non-hydrogen) atoms. The predicted octanol–water partition coefficient (Wildman–Crippen LogP) is 4.29. The molecular formula is C19H15BrN2O3. The number of benzene rings is 2. The smallest absolute Gasteiger partial charge is 0.313 e. The normalized spacial score (nSPS) is 16.2. The lowest BCUT2D eigenvalue weighted by molar-refractivity contribution is -0.135. The van der Waals surface area contributed by atoms with Crippen molar-refractivity contribution in [3.8, 4) is 22.9 Å². The number of H-pyrrole nitrogens is 1. The Morgan fingerprint density at radius 3 is 2.76 bits per heavy atom. The van der Waals surface area contributed by atoms with Gasteiger partial charge in [0.15, 0.2) is 0 Å². The summed E-state index contributed by atoms with van der Waals surface area (Å²) in [6.07, 6.45) is 0.284. The molecule has 0 amide bonds. The third-order valence-corrected chi connectivity index (χ3v) is 4.82. The Balaban J connectivity index is 1.83. The average molecular weight is 399 g/mol. The third-order valence-electron chi connectivity index (χ3n) is 4.33. The number of methoxy groups -OCH3 is 1. The zero-order valence-electron chi connectivity index (χ0n) is 13.5. The van der Waals surface area contributed by atoms with Crippen LogP contribution in [0.3, 0.4) is 0 Å². The first-order valence-corrected chi connectivity index (χ1v) is 8.64. The molecule has 5 nitrogen and oxygen atoms in total. The Bertz CT molecular complexity index is 934. The topological polar surface area (TPSA) is 64.2 Å². The summed E-state index contributed by atoms with van der Waals surface area (Å²) in [5, 5.41) is 7.24. The van der Waals surface area contributed by atoms with Crippen molar-refractivity contribution in [2.75, 3.05) is 7.11 Å². The summed E-state index contributed by atoms with van der Waals surface area (Å²) in [6, 6.07) is 15.7. The highest BCUT2D eigenvalue weighted by Crippen LogP contribution is 2.43. The van der Waals surface area contributed by atoms with Gasteiger partial charge in [0.2, 0.25) is 5.88 Å². The molecule has 0 spiro atoms. The van der Waals surface area contributed by atoms with E-state index in [4.69, 9.17) is 9.47 Å². The Labute approximate surface area is 153 Å². The molecular weight excluding hydrogens is 384 g/mol. The minimum Gasteiger partial charge on any atom is -0.497 e. The molecule has 1 unspecified atom stereocenters. The zero-order chi connectivity index (χ0) is 17.4. The fraction of sp³-hybridized carbons (Fsp3) is 0.158. The van der Waals surface area contributed by atoms with Crippen molar-refractivity contribution in [3.05, 3.63) is 64.1 Å². The average Bonchev–Trinajstić information content (AvgIpc) is 3.04. The lowest BCUT2D eigenvalue weighted by Gasteiger charge is -2.22. The largest absolute Gasteiger partial charge is 0.497 e. The van der Waals surface area contributed by atoms with Crippen LogP contribution in [0.4, 0.5) is 0 Å². The van der Waals surface area contributed by atoms with Crippen LogP contribution in [-0.2, 0) is 4.79 Å². The first-order chi connectivity index (χ1) is 12.2. The standard InChI is InChI=1S/C19H15BrN2O3/c1-24-14-7-5-11(6-8-14)18-17-15(12-3-2-4-13(20)9-12)10-16(23)25-19(17)22-21-18/h2-9,15H,10H2,1H3,(H,21,22). The van der Waals surface area contributed by atoms with E-state index in [0.29, 0.717) is 5.88 Å². The fourth-order valence-corrected chi connectivity index (χ4v) is 3.56. The summed E-state index contributed by atoms with van der Waals surface area (Å²) in [7, 11) is 1.63. The van der Waals surface area contributed by atoms with Crippen LogP contribution in [0.15, 0.2) is 53.0 Å². The number of esters is 1. The molecule has 1 aliphatic rings. The quantitative estimate of drug-likeness (QED) is 0.668. The highest BCUT2D eigenvalue weighted by Gasteiger charge is 2.33. The molecule has 2 aromatic carbocycles. The number of carbonyl (C=O) groups excluding carboxylic acids is 1. The second-order valence-electron chi connectivity index (χ2n) is 5.83. The monoisotopic (exact) mass is 398 g/mol. The Morgan fingerprint density at radius 2 is 2.04 bits per heavy atom. The first-order valence-electron chi connectivity index (χ1n) is 7.84. The van der Waals surface area contributed by atoms with Gasteiger partial charge in [-0.3, -0.25) is 9.89 Å². The maximum atomic E-state index is 12.0. The summed E-state index contributed by atoms with van der Waals surface area (Å²) in [6.45, 7) is 0. The van der Waals surface area contributed by atoms with Gasteiger partial charge < -0.3 is 9.47 Å². The molecule has 1 aliphatic heterocycles. The number of aromatic amines is 1. The van der Waals surface area contributed by atoms with Crippen LogP contribution < -0.4 is 9.47 Å². The van der Waals surface area contributed by atoms with E-state index < -0.39 is 0 Å². The van der Waals surface area contributed by atoms with Crippen LogP contribution >= 0.6 is 15.9 Å². The predicted molar refractivity (Wildman–Crippen MR) is 96.8 cm³/mol. The van der Waals surface area contributed by atoms with Crippen LogP contribution in [0, 0.1) is 0 Å². The van der Waals surface area contributed by atoms with E-state index >= 15 is 0 Å². The van der Waals surface area contributed by atoms with Crippen LogP contribution in [0.5, 0.6) is 11.6 Å². The van der Waals surface area contributed by atoms with Crippen molar-refractivity contribution in [2.45, 2.75) is 12.3 Å². The minimum absolute atomic E-state index is 0.107. The molecule has 1 aromatic heterocycles. The number of fused-ring (bicyclic) bond motifs is 1. The van der Waals surface area contributed by atoms with Crippen LogP contribution in [-0.4, -0.2) is 23.3 Å². The van der Waals surface area contributed by atoms with E-state index in [0.717, 1.165) is 32.6 Å². The van der Waals surface area contributed by atoms with Gasteiger partial charge in [-0.15, -0.1) is 5.10 Å². The number of rotatable bonds is 3. The lowest BCUT2D eigenvalue weighted by atomic mass is 9.86. The van der Waals surface area contributed by atoms with Gasteiger partial charge in [0, 0.05) is 16.0 Å². The van der Waals surface area contributed by atoms with Crippen molar-refractivity contribution in [1.82, 2.24) is 10.2 Å². The molecule has 0 saturated heterocycles. The third kappa shape index (κ3) is 2.93. The zero-order valence-corrected chi connectivity index (χ0v) is 15.0. The molecule has 0 radical (unpaired) electrons. The van der Waals surface area contributed by atoms with Gasteiger partial charge in [-0.2, -0.15) is 0 Å². The Hall–Kier alpha value is -2.60. The van der Waals surface area contributed by atoms with Gasteiger partial charge in [-0.1, -0.05) is 28.1 Å². The molecule has 2 heterocycles. The summed E-state index contributed by atoms with van der Waals surface area (Å²) in [4.78, 5) is 12.0. The number of halogens is 1. The van der Waals surface area contributed by atoms with Crippen molar-refractivity contribution >= 4 is 21.9 Å². The second kappa shape index (κ2) is 6.37. The second-order valence-corrected chi connectivity index (χ2v) is 6.75. The number of ether oxygens (including phenoxy) is 2. The molecule has 0 aliphatic carbocycles. The molecule has 0 bridgehead atoms. The molecule has 4 rings (SSSR count). The number of hydrogen-bond acceptors (Lipinski definition) is 4. The molecule has 3 aromatic rings. The highest BCUT2D eigenvalue weighted by atomic mass is 79.9. The van der Waals surface area contributed by atoms with Crippen molar-refractivity contribution in [2.24, 2.45) is 0 Å². The summed E-state index contributed by atoms with van der Waals surface area (Å²) < 4.78 is 11.5. The molecule has 1 N–H and O–H groups in total. The molecule has 126 valence electrons. The number of aromatic nitrogens is 2. The molecule has 0 fully saturated rings. The van der Waals surface area contributed by atoms with Gasteiger partial charge in [-0.25, -0.2) is 0 Å². The maximum absolute atomic E-state index is 12.0. The van der Waals surface area contributed by atoms with Gasteiger partial charge in [0.05, 0.1) is 24.8 Å². The van der Waals surface area contributed by atoms with E-state index in [1.165, 1.54) is 0 Å². The number of nitrogens with zero attached hydrogens (tertiary/aromatic N) is 1. The molecule has 0 saturated carbocycles. The van der Waals surface area contributed by atoms with E-state index in [2.05, 4.69) is 26.1 Å². The summed E-state index contributed by atoms with van der Waals surface area (Å²) in [5.41, 5.74) is 3.77. The Morgan fingerprint density at radius 1 is 1.24 bits per heavy atom. The van der Waals surface area contributed by atoms with E-state index in [9.17, 15) is 4.79 Å². The van der Waals surface area contributed by atoms with E-state index in [1.54, 1.807) is 7.11 Å².